The van der Waals surface area contributed by atoms with E-state index in [1.54, 1.807) is 11.0 Å². The molecule has 0 aliphatic carbocycles. The average Bonchev–Trinajstić information content (AvgIpc) is 2.77. The van der Waals surface area contributed by atoms with Crippen LogP contribution < -0.4 is 0 Å². The van der Waals surface area contributed by atoms with Gasteiger partial charge in [0, 0.05) is 12.3 Å². The van der Waals surface area contributed by atoms with E-state index in [1.807, 2.05) is 27.7 Å². The Morgan fingerprint density at radius 2 is 2.00 bits per heavy atom. The maximum absolute atomic E-state index is 11.8. The Morgan fingerprint density at radius 1 is 1.35 bits per heavy atom. The van der Waals surface area contributed by atoms with E-state index >= 15 is 0 Å². The van der Waals surface area contributed by atoms with Crippen molar-refractivity contribution in [1.29, 1.82) is 0 Å². The normalized spacial score (nSPS) is 15.2. The molecule has 1 aromatic rings. The van der Waals surface area contributed by atoms with Gasteiger partial charge in [0.2, 0.25) is 0 Å². The van der Waals surface area contributed by atoms with Gasteiger partial charge in [-0.1, -0.05) is 27.7 Å². The van der Waals surface area contributed by atoms with E-state index in [2.05, 4.69) is 10.1 Å². The van der Waals surface area contributed by atoms with Gasteiger partial charge in [-0.15, -0.1) is 0 Å². The second kappa shape index (κ2) is 5.91. The smallest absolute Gasteiger partial charge is 0.137 e. The van der Waals surface area contributed by atoms with Crippen molar-refractivity contribution in [1.82, 2.24) is 14.8 Å². The fourth-order valence-electron chi connectivity index (χ4n) is 1.65. The lowest BCUT2D eigenvalue weighted by atomic mass is 9.93. The molecular formula is C12H21N3O2. The summed E-state index contributed by atoms with van der Waals surface area (Å²) in [5, 5.41) is 14.2. The van der Waals surface area contributed by atoms with Gasteiger partial charge in [0.05, 0.1) is 12.1 Å². The van der Waals surface area contributed by atoms with Crippen LogP contribution in [0, 0.1) is 11.8 Å². The maximum Gasteiger partial charge on any atom is 0.137 e. The fraction of sp³-hybridized carbons (Fsp3) is 0.750. The summed E-state index contributed by atoms with van der Waals surface area (Å²) in [6.07, 6.45) is 2.66. The van der Waals surface area contributed by atoms with Gasteiger partial charge in [0.25, 0.3) is 0 Å². The molecule has 0 bridgehead atoms. The molecule has 96 valence electrons. The zero-order valence-corrected chi connectivity index (χ0v) is 10.9. The monoisotopic (exact) mass is 239 g/mol. The van der Waals surface area contributed by atoms with Crippen molar-refractivity contribution in [3.05, 3.63) is 12.7 Å². The van der Waals surface area contributed by atoms with Crippen LogP contribution in [0.1, 0.15) is 40.2 Å². The Kier molecular flexibility index (Phi) is 4.81. The third-order valence-corrected chi connectivity index (χ3v) is 2.91. The molecule has 1 aromatic heterocycles. The van der Waals surface area contributed by atoms with E-state index in [1.165, 1.54) is 6.33 Å². The van der Waals surface area contributed by atoms with Crippen LogP contribution in [0.2, 0.25) is 0 Å². The minimum atomic E-state index is -0.598. The summed E-state index contributed by atoms with van der Waals surface area (Å²) in [6.45, 7) is 7.58. The van der Waals surface area contributed by atoms with E-state index in [9.17, 15) is 9.90 Å². The van der Waals surface area contributed by atoms with Crippen LogP contribution in [-0.2, 0) is 4.79 Å². The van der Waals surface area contributed by atoms with Gasteiger partial charge in [0.1, 0.15) is 18.4 Å². The number of Topliss-reactive ketones (excluding diaryl/α,β-unsaturated/α-hetero) is 1. The minimum Gasteiger partial charge on any atom is -0.391 e. The van der Waals surface area contributed by atoms with E-state index in [4.69, 9.17) is 0 Å². The molecule has 0 aliphatic heterocycles. The summed E-state index contributed by atoms with van der Waals surface area (Å²) >= 11 is 0. The first-order valence-electron chi connectivity index (χ1n) is 5.98. The van der Waals surface area contributed by atoms with Crippen molar-refractivity contribution in [2.45, 2.75) is 46.3 Å². The van der Waals surface area contributed by atoms with Gasteiger partial charge in [-0.2, -0.15) is 5.10 Å². The molecule has 0 fully saturated rings. The second-order valence-electron chi connectivity index (χ2n) is 5.00. The highest BCUT2D eigenvalue weighted by Crippen LogP contribution is 2.22. The van der Waals surface area contributed by atoms with Crippen LogP contribution in [0.15, 0.2) is 12.7 Å². The molecule has 0 spiro atoms. The number of aliphatic hydroxyl groups excluding tert-OH is 1. The average molecular weight is 239 g/mol. The fourth-order valence-corrected chi connectivity index (χ4v) is 1.65. The Balaban J connectivity index is 2.84. The van der Waals surface area contributed by atoms with Crippen LogP contribution in [0.4, 0.5) is 0 Å². The van der Waals surface area contributed by atoms with Crippen molar-refractivity contribution in [3.8, 4) is 0 Å². The lowest BCUT2D eigenvalue weighted by Gasteiger charge is -2.25. The molecule has 5 nitrogen and oxygen atoms in total. The minimum absolute atomic E-state index is 0.0274. The lowest BCUT2D eigenvalue weighted by Crippen LogP contribution is -2.32. The Bertz CT molecular complexity index is 347. The highest BCUT2D eigenvalue weighted by molar-refractivity contribution is 5.80. The predicted octanol–water partition coefficient (Wildman–Crippen LogP) is 1.45. The maximum atomic E-state index is 11.8. The zero-order chi connectivity index (χ0) is 13.0. The summed E-state index contributed by atoms with van der Waals surface area (Å²) in [5.41, 5.74) is 0. The first-order chi connectivity index (χ1) is 7.93. The third-order valence-electron chi connectivity index (χ3n) is 2.91. The first-order valence-corrected chi connectivity index (χ1v) is 5.98. The number of carbonyl (C=O) groups excluding carboxylic acids is 1. The van der Waals surface area contributed by atoms with Crippen LogP contribution in [0.25, 0.3) is 0 Å². The van der Waals surface area contributed by atoms with E-state index in [0.717, 1.165) is 0 Å². The van der Waals surface area contributed by atoms with Gasteiger partial charge in [-0.05, 0) is 5.92 Å². The molecule has 5 heteroatoms. The largest absolute Gasteiger partial charge is 0.391 e. The van der Waals surface area contributed by atoms with Gasteiger partial charge in [-0.25, -0.2) is 9.67 Å². The van der Waals surface area contributed by atoms with Crippen LogP contribution in [-0.4, -0.2) is 31.8 Å². The summed E-state index contributed by atoms with van der Waals surface area (Å²) in [6, 6.07) is -0.326. The summed E-state index contributed by atoms with van der Waals surface area (Å²) in [4.78, 5) is 15.7. The van der Waals surface area contributed by atoms with Crippen molar-refractivity contribution in [2.75, 3.05) is 0 Å². The molecule has 0 aliphatic rings. The predicted molar refractivity (Wildman–Crippen MR) is 64.4 cm³/mol. The number of carbonyl (C=O) groups is 1. The summed E-state index contributed by atoms with van der Waals surface area (Å²) < 4.78 is 1.57. The van der Waals surface area contributed by atoms with Gasteiger partial charge in [-0.3, -0.25) is 4.79 Å². The molecule has 2 atom stereocenters. The molecule has 1 heterocycles. The van der Waals surface area contributed by atoms with Gasteiger partial charge < -0.3 is 5.11 Å². The van der Waals surface area contributed by atoms with E-state index in [-0.39, 0.29) is 23.7 Å². The molecule has 0 amide bonds. The topological polar surface area (TPSA) is 68.0 Å². The molecule has 0 saturated heterocycles. The number of hydrogen-bond donors (Lipinski definition) is 1. The van der Waals surface area contributed by atoms with Crippen molar-refractivity contribution in [3.63, 3.8) is 0 Å². The number of ketones is 1. The van der Waals surface area contributed by atoms with Crippen molar-refractivity contribution in [2.24, 2.45) is 11.8 Å². The van der Waals surface area contributed by atoms with Crippen LogP contribution >= 0.6 is 0 Å². The zero-order valence-electron chi connectivity index (χ0n) is 10.9. The molecule has 0 radical (unpaired) electrons. The van der Waals surface area contributed by atoms with Gasteiger partial charge >= 0.3 is 0 Å². The Hall–Kier alpha value is -1.23. The van der Waals surface area contributed by atoms with E-state index < -0.39 is 6.10 Å². The molecule has 1 N–H and O–H groups in total. The number of aliphatic hydroxyl groups is 1. The van der Waals surface area contributed by atoms with Gasteiger partial charge in [0.15, 0.2) is 0 Å². The standard InChI is InChI=1S/C12H21N3O2/c1-8(2)11(16)5-10(12(17)9(3)4)15-7-13-6-14-15/h6-10,12,17H,5H2,1-4H3. The van der Waals surface area contributed by atoms with E-state index in [0.29, 0.717) is 6.42 Å². The lowest BCUT2D eigenvalue weighted by molar-refractivity contribution is -0.123. The summed E-state index contributed by atoms with van der Waals surface area (Å²) in [7, 11) is 0. The third kappa shape index (κ3) is 3.63. The Labute approximate surface area is 102 Å². The molecular weight excluding hydrogens is 218 g/mol. The van der Waals surface area contributed by atoms with Crippen LogP contribution in [0.5, 0.6) is 0 Å². The van der Waals surface area contributed by atoms with Crippen molar-refractivity contribution >= 4 is 5.78 Å². The first kappa shape index (κ1) is 13.8. The highest BCUT2D eigenvalue weighted by atomic mass is 16.3. The second-order valence-corrected chi connectivity index (χ2v) is 5.00. The quantitative estimate of drug-likeness (QED) is 0.816. The molecule has 2 unspecified atom stereocenters. The molecule has 1 rings (SSSR count). The van der Waals surface area contributed by atoms with Crippen LogP contribution in [0.3, 0.4) is 0 Å². The van der Waals surface area contributed by atoms with Crippen molar-refractivity contribution < 1.29 is 9.90 Å². The number of hydrogen-bond acceptors (Lipinski definition) is 4. The molecule has 17 heavy (non-hydrogen) atoms. The number of aromatic nitrogens is 3. The molecule has 0 aromatic carbocycles. The Morgan fingerprint density at radius 3 is 2.41 bits per heavy atom. The number of rotatable bonds is 6. The molecule has 0 saturated carbocycles. The SMILES string of the molecule is CC(C)C(=O)CC(C(O)C(C)C)n1cncn1. The summed E-state index contributed by atoms with van der Waals surface area (Å²) in [5.74, 6) is 0.176. The highest BCUT2D eigenvalue weighted by Gasteiger charge is 2.27. The number of nitrogens with zero attached hydrogens (tertiary/aromatic N) is 3.